The number of hydrogen-bond donors (Lipinski definition) is 0. The zero-order valence-electron chi connectivity index (χ0n) is 15.3. The van der Waals surface area contributed by atoms with Gasteiger partial charge in [-0.1, -0.05) is 0 Å². The van der Waals surface area contributed by atoms with Crippen LogP contribution in [-0.2, 0) is 9.31 Å². The van der Waals surface area contributed by atoms with Gasteiger partial charge in [0.25, 0.3) is 0 Å². The highest BCUT2D eigenvalue weighted by Crippen LogP contribution is 2.38. The minimum absolute atomic E-state index is 0.0405. The lowest BCUT2D eigenvalue weighted by molar-refractivity contribution is 0.00578. The Bertz CT molecular complexity index is 755. The molecule has 0 unspecified atom stereocenters. The van der Waals surface area contributed by atoms with Crippen LogP contribution in [0.1, 0.15) is 33.3 Å². The van der Waals surface area contributed by atoms with Crippen molar-refractivity contribution in [3.8, 4) is 23.6 Å². The second-order valence-electron chi connectivity index (χ2n) is 6.70. The molecular weight excluding hydrogens is 319 g/mol. The number of allylic oxidation sites excluding steroid dienone is 1. The van der Waals surface area contributed by atoms with Gasteiger partial charge in [-0.25, -0.2) is 0 Å². The summed E-state index contributed by atoms with van der Waals surface area (Å²) in [5.74, 6) is 1.03. The molecule has 0 saturated carbocycles. The summed E-state index contributed by atoms with van der Waals surface area (Å²) in [5.41, 5.74) is 0.101. The van der Waals surface area contributed by atoms with Crippen LogP contribution in [0.25, 0.3) is 6.08 Å². The number of ether oxygens (including phenoxy) is 2. The van der Waals surface area contributed by atoms with Crippen LogP contribution in [0.15, 0.2) is 17.7 Å². The molecule has 0 atom stereocenters. The number of nitrogens with zero attached hydrogens (tertiary/aromatic N) is 2. The van der Waals surface area contributed by atoms with Gasteiger partial charge >= 0.3 is 7.12 Å². The molecule has 1 aliphatic rings. The summed E-state index contributed by atoms with van der Waals surface area (Å²) in [4.78, 5) is 0. The van der Waals surface area contributed by atoms with Gasteiger partial charge in [-0.05, 0) is 45.3 Å². The van der Waals surface area contributed by atoms with Gasteiger partial charge in [-0.15, -0.1) is 0 Å². The van der Waals surface area contributed by atoms with Gasteiger partial charge in [0, 0.05) is 11.6 Å². The quantitative estimate of drug-likeness (QED) is 0.618. The first kappa shape index (κ1) is 18.9. The van der Waals surface area contributed by atoms with Crippen molar-refractivity contribution in [3.05, 3.63) is 23.3 Å². The largest absolute Gasteiger partial charge is 0.497 e. The van der Waals surface area contributed by atoms with Crippen molar-refractivity contribution in [3.63, 3.8) is 0 Å². The van der Waals surface area contributed by atoms with E-state index >= 15 is 0 Å². The number of hydrogen-bond acceptors (Lipinski definition) is 6. The molecule has 130 valence electrons. The number of nitriles is 2. The lowest BCUT2D eigenvalue weighted by Crippen LogP contribution is -2.41. The highest BCUT2D eigenvalue weighted by Gasteiger charge is 2.52. The van der Waals surface area contributed by atoms with Crippen molar-refractivity contribution >= 4 is 18.7 Å². The predicted octanol–water partition coefficient (Wildman–Crippen LogP) is 2.43. The molecule has 1 aromatic rings. The summed E-state index contributed by atoms with van der Waals surface area (Å²) in [6, 6.07) is 7.18. The molecule has 6 nitrogen and oxygen atoms in total. The van der Waals surface area contributed by atoms with E-state index in [4.69, 9.17) is 29.3 Å². The fourth-order valence-electron chi connectivity index (χ4n) is 2.46. The van der Waals surface area contributed by atoms with Crippen LogP contribution < -0.4 is 14.9 Å². The van der Waals surface area contributed by atoms with E-state index in [2.05, 4.69) is 0 Å². The van der Waals surface area contributed by atoms with Crippen molar-refractivity contribution in [1.29, 1.82) is 10.5 Å². The summed E-state index contributed by atoms with van der Waals surface area (Å²) < 4.78 is 23.0. The van der Waals surface area contributed by atoms with Gasteiger partial charge < -0.3 is 18.8 Å². The molecule has 0 spiro atoms. The third-order valence-electron chi connectivity index (χ3n) is 4.64. The molecule has 0 N–H and O–H groups in total. The van der Waals surface area contributed by atoms with Crippen molar-refractivity contribution < 1.29 is 18.8 Å². The first-order valence-corrected chi connectivity index (χ1v) is 7.82. The fourth-order valence-corrected chi connectivity index (χ4v) is 2.46. The van der Waals surface area contributed by atoms with E-state index in [0.29, 0.717) is 22.5 Å². The monoisotopic (exact) mass is 340 g/mol. The Balaban J connectivity index is 2.66. The highest BCUT2D eigenvalue weighted by atomic mass is 16.7. The number of rotatable bonds is 4. The second kappa shape index (κ2) is 6.80. The Kier molecular flexibility index (Phi) is 5.13. The van der Waals surface area contributed by atoms with Crippen LogP contribution >= 0.6 is 0 Å². The Morgan fingerprint density at radius 1 is 1.04 bits per heavy atom. The maximum Gasteiger partial charge on any atom is 0.495 e. The van der Waals surface area contributed by atoms with Crippen molar-refractivity contribution in [2.75, 3.05) is 14.2 Å². The molecule has 1 saturated heterocycles. The minimum Gasteiger partial charge on any atom is -0.497 e. The van der Waals surface area contributed by atoms with Crippen LogP contribution in [0.2, 0.25) is 0 Å². The topological polar surface area (TPSA) is 84.5 Å². The zero-order chi connectivity index (χ0) is 18.8. The molecule has 0 aliphatic carbocycles. The van der Waals surface area contributed by atoms with Crippen LogP contribution in [0.5, 0.6) is 11.5 Å². The number of benzene rings is 1. The third-order valence-corrected chi connectivity index (χ3v) is 4.64. The van der Waals surface area contributed by atoms with E-state index in [1.54, 1.807) is 19.2 Å². The fraction of sp³-hybridized carbons (Fsp3) is 0.444. The smallest absolute Gasteiger partial charge is 0.495 e. The van der Waals surface area contributed by atoms with Gasteiger partial charge in [-0.3, -0.25) is 0 Å². The van der Waals surface area contributed by atoms with Gasteiger partial charge in [0.15, 0.2) is 0 Å². The standard InChI is InChI=1S/C18H21BN2O4/c1-17(2)18(3,4)25-19(24-17)15-8-13(22-5)9-16(23-6)14(15)7-12(10-20)11-21/h7-9H,1-6H3. The van der Waals surface area contributed by atoms with Gasteiger partial charge in [-0.2, -0.15) is 10.5 Å². The van der Waals surface area contributed by atoms with Crippen molar-refractivity contribution in [2.24, 2.45) is 0 Å². The van der Waals surface area contributed by atoms with E-state index in [-0.39, 0.29) is 5.57 Å². The van der Waals surface area contributed by atoms with E-state index in [0.717, 1.165) is 0 Å². The zero-order valence-corrected chi connectivity index (χ0v) is 15.3. The summed E-state index contributed by atoms with van der Waals surface area (Å²) in [7, 11) is 2.38. The predicted molar refractivity (Wildman–Crippen MR) is 94.5 cm³/mol. The van der Waals surface area contributed by atoms with E-state index in [9.17, 15) is 0 Å². The van der Waals surface area contributed by atoms with Crippen LogP contribution in [-0.4, -0.2) is 32.5 Å². The average Bonchev–Trinajstić information content (AvgIpc) is 2.79. The molecule has 25 heavy (non-hydrogen) atoms. The van der Waals surface area contributed by atoms with Gasteiger partial charge in [0.2, 0.25) is 0 Å². The van der Waals surface area contributed by atoms with Gasteiger partial charge in [0.1, 0.15) is 29.2 Å². The Morgan fingerprint density at radius 2 is 1.60 bits per heavy atom. The maximum atomic E-state index is 9.11. The summed E-state index contributed by atoms with van der Waals surface area (Å²) in [6.07, 6.45) is 1.47. The van der Waals surface area contributed by atoms with Crippen LogP contribution in [0.4, 0.5) is 0 Å². The van der Waals surface area contributed by atoms with Gasteiger partial charge in [0.05, 0.1) is 25.4 Å². The molecule has 1 aliphatic heterocycles. The lowest BCUT2D eigenvalue weighted by Gasteiger charge is -2.32. The molecule has 1 aromatic carbocycles. The lowest BCUT2D eigenvalue weighted by atomic mass is 9.75. The normalized spacial score (nSPS) is 17.4. The first-order valence-electron chi connectivity index (χ1n) is 7.82. The number of methoxy groups -OCH3 is 2. The average molecular weight is 340 g/mol. The van der Waals surface area contributed by atoms with Crippen molar-refractivity contribution in [1.82, 2.24) is 0 Å². The third kappa shape index (κ3) is 3.48. The van der Waals surface area contributed by atoms with E-state index in [1.807, 2.05) is 39.8 Å². The van der Waals surface area contributed by atoms with E-state index in [1.165, 1.54) is 13.2 Å². The minimum atomic E-state index is -0.682. The Morgan fingerprint density at radius 3 is 2.04 bits per heavy atom. The molecule has 7 heteroatoms. The second-order valence-corrected chi connectivity index (χ2v) is 6.70. The van der Waals surface area contributed by atoms with Crippen LogP contribution in [0.3, 0.4) is 0 Å². The molecule has 0 amide bonds. The van der Waals surface area contributed by atoms with E-state index < -0.39 is 18.3 Å². The molecule has 2 rings (SSSR count). The molecular formula is C18H21BN2O4. The molecule has 1 fully saturated rings. The molecule has 0 radical (unpaired) electrons. The summed E-state index contributed by atoms with van der Waals surface area (Å²) >= 11 is 0. The first-order chi connectivity index (χ1) is 11.7. The molecule has 1 heterocycles. The highest BCUT2D eigenvalue weighted by molar-refractivity contribution is 6.63. The summed E-state index contributed by atoms with van der Waals surface area (Å²) in [5, 5.41) is 18.2. The molecule has 0 bridgehead atoms. The maximum absolute atomic E-state index is 9.11. The Labute approximate surface area is 148 Å². The van der Waals surface area contributed by atoms with Crippen molar-refractivity contribution in [2.45, 2.75) is 38.9 Å². The van der Waals surface area contributed by atoms with Crippen LogP contribution in [0, 0.1) is 22.7 Å². The Hall–Kier alpha value is -2.48. The molecule has 0 aromatic heterocycles. The SMILES string of the molecule is COc1cc(OC)c(C=C(C#N)C#N)c(B2OC(C)(C)C(C)(C)O2)c1. The summed E-state index contributed by atoms with van der Waals surface area (Å²) in [6.45, 7) is 7.82.